The zero-order valence-electron chi connectivity index (χ0n) is 9.33. The molecule has 0 N–H and O–H groups in total. The first-order valence-electron chi connectivity index (χ1n) is 4.66. The molecule has 1 aromatic heterocycles. The second-order valence-electron chi connectivity index (χ2n) is 2.98. The van der Waals surface area contributed by atoms with E-state index in [4.69, 9.17) is 4.74 Å². The monoisotopic (exact) mass is 226 g/mol. The van der Waals surface area contributed by atoms with Gasteiger partial charge in [-0.25, -0.2) is 14.8 Å². The molecule has 0 saturated heterocycles. The SMILES string of the molecule is CCOC(=O)c1c(C)nc(SC)nc1C. The molecule has 0 saturated carbocycles. The summed E-state index contributed by atoms with van der Waals surface area (Å²) in [6.07, 6.45) is 1.90. The number of ether oxygens (including phenoxy) is 1. The van der Waals surface area contributed by atoms with Crippen LogP contribution in [-0.4, -0.2) is 28.8 Å². The summed E-state index contributed by atoms with van der Waals surface area (Å²) in [7, 11) is 0. The third-order valence-corrected chi connectivity index (χ3v) is 2.46. The zero-order valence-corrected chi connectivity index (χ0v) is 10.1. The van der Waals surface area contributed by atoms with Crippen molar-refractivity contribution in [2.24, 2.45) is 0 Å². The number of carbonyl (C=O) groups is 1. The zero-order chi connectivity index (χ0) is 11.4. The number of thioether (sulfide) groups is 1. The van der Waals surface area contributed by atoms with E-state index in [0.29, 0.717) is 28.7 Å². The lowest BCUT2D eigenvalue weighted by molar-refractivity contribution is 0.0523. The van der Waals surface area contributed by atoms with Gasteiger partial charge >= 0.3 is 5.97 Å². The molecule has 0 atom stereocenters. The third kappa shape index (κ3) is 2.68. The van der Waals surface area contributed by atoms with Crippen molar-refractivity contribution in [2.45, 2.75) is 25.9 Å². The van der Waals surface area contributed by atoms with E-state index < -0.39 is 0 Å². The molecule has 1 aromatic rings. The molecule has 82 valence electrons. The Balaban J connectivity index is 3.13. The van der Waals surface area contributed by atoms with Crippen LogP contribution in [0, 0.1) is 13.8 Å². The van der Waals surface area contributed by atoms with Gasteiger partial charge in [0.15, 0.2) is 5.16 Å². The van der Waals surface area contributed by atoms with E-state index in [0.717, 1.165) is 0 Å². The minimum Gasteiger partial charge on any atom is -0.462 e. The summed E-state index contributed by atoms with van der Waals surface area (Å²) in [6.45, 7) is 5.73. The second-order valence-corrected chi connectivity index (χ2v) is 3.75. The summed E-state index contributed by atoms with van der Waals surface area (Å²) in [5, 5.41) is 0.679. The molecule has 0 aliphatic carbocycles. The quantitative estimate of drug-likeness (QED) is 0.448. The molecule has 5 heteroatoms. The number of carbonyl (C=O) groups excluding carboxylic acids is 1. The standard InChI is InChI=1S/C10H14N2O2S/c1-5-14-9(13)8-6(2)11-10(15-4)12-7(8)3/h5H2,1-4H3. The van der Waals surface area contributed by atoms with Gasteiger partial charge < -0.3 is 4.74 Å². The third-order valence-electron chi connectivity index (χ3n) is 1.91. The number of hydrogen-bond donors (Lipinski definition) is 0. The lowest BCUT2D eigenvalue weighted by atomic mass is 10.2. The maximum Gasteiger partial charge on any atom is 0.341 e. The van der Waals surface area contributed by atoms with Gasteiger partial charge in [0, 0.05) is 0 Å². The highest BCUT2D eigenvalue weighted by molar-refractivity contribution is 7.98. The molecular weight excluding hydrogens is 212 g/mol. The Hall–Kier alpha value is -1.10. The number of rotatable bonds is 3. The highest BCUT2D eigenvalue weighted by atomic mass is 32.2. The first-order chi connectivity index (χ1) is 7.10. The van der Waals surface area contributed by atoms with Gasteiger partial charge in [-0.05, 0) is 27.0 Å². The topological polar surface area (TPSA) is 52.1 Å². The smallest absolute Gasteiger partial charge is 0.341 e. The van der Waals surface area contributed by atoms with E-state index in [-0.39, 0.29) is 5.97 Å². The Kier molecular flexibility index (Phi) is 4.08. The minimum atomic E-state index is -0.347. The molecule has 0 unspecified atom stereocenters. The molecule has 0 spiro atoms. The average molecular weight is 226 g/mol. The van der Waals surface area contributed by atoms with E-state index in [1.165, 1.54) is 11.8 Å². The van der Waals surface area contributed by atoms with E-state index in [1.54, 1.807) is 20.8 Å². The highest BCUT2D eigenvalue weighted by Crippen LogP contribution is 2.16. The van der Waals surface area contributed by atoms with E-state index in [2.05, 4.69) is 9.97 Å². The van der Waals surface area contributed by atoms with Crippen molar-refractivity contribution >= 4 is 17.7 Å². The fraction of sp³-hybridized carbons (Fsp3) is 0.500. The molecule has 1 heterocycles. The van der Waals surface area contributed by atoms with E-state index >= 15 is 0 Å². The molecule has 0 aliphatic heterocycles. The van der Waals surface area contributed by atoms with Crippen LogP contribution in [-0.2, 0) is 4.74 Å². The molecule has 0 aromatic carbocycles. The molecule has 0 radical (unpaired) electrons. The lowest BCUT2D eigenvalue weighted by Gasteiger charge is -2.08. The van der Waals surface area contributed by atoms with Gasteiger partial charge in [0.2, 0.25) is 0 Å². The van der Waals surface area contributed by atoms with Gasteiger partial charge in [-0.3, -0.25) is 0 Å². The van der Waals surface area contributed by atoms with Crippen LogP contribution < -0.4 is 0 Å². The fourth-order valence-electron chi connectivity index (χ4n) is 1.28. The molecule has 0 fully saturated rings. The number of aryl methyl sites for hydroxylation is 2. The highest BCUT2D eigenvalue weighted by Gasteiger charge is 2.16. The van der Waals surface area contributed by atoms with Crippen LogP contribution in [0.5, 0.6) is 0 Å². The van der Waals surface area contributed by atoms with Crippen LogP contribution in [0.3, 0.4) is 0 Å². The Morgan fingerprint density at radius 1 is 1.33 bits per heavy atom. The normalized spacial score (nSPS) is 10.1. The predicted molar refractivity (Wildman–Crippen MR) is 59.2 cm³/mol. The first-order valence-corrected chi connectivity index (χ1v) is 5.89. The van der Waals surface area contributed by atoms with Crippen LogP contribution >= 0.6 is 11.8 Å². The molecular formula is C10H14N2O2S. The summed E-state index contributed by atoms with van der Waals surface area (Å²) in [5.74, 6) is -0.347. The average Bonchev–Trinajstić information content (AvgIpc) is 2.16. The van der Waals surface area contributed by atoms with Gasteiger partial charge in [-0.15, -0.1) is 0 Å². The van der Waals surface area contributed by atoms with Gasteiger partial charge in [-0.2, -0.15) is 0 Å². The first kappa shape index (κ1) is 12.0. The Morgan fingerprint density at radius 2 is 1.87 bits per heavy atom. The number of hydrogen-bond acceptors (Lipinski definition) is 5. The van der Waals surface area contributed by atoms with Gasteiger partial charge in [0.25, 0.3) is 0 Å². The van der Waals surface area contributed by atoms with Gasteiger partial charge in [0.05, 0.1) is 18.0 Å². The predicted octanol–water partition coefficient (Wildman–Crippen LogP) is 1.99. The van der Waals surface area contributed by atoms with Crippen molar-refractivity contribution < 1.29 is 9.53 Å². The summed E-state index contributed by atoms with van der Waals surface area (Å²) in [6, 6.07) is 0. The van der Waals surface area contributed by atoms with Crippen molar-refractivity contribution in [1.29, 1.82) is 0 Å². The summed E-state index contributed by atoms with van der Waals surface area (Å²) < 4.78 is 4.94. The number of esters is 1. The Bertz CT molecular complexity index is 357. The van der Waals surface area contributed by atoms with Gasteiger partial charge in [0.1, 0.15) is 5.56 Å². The van der Waals surface area contributed by atoms with Crippen LogP contribution in [0.1, 0.15) is 28.7 Å². The van der Waals surface area contributed by atoms with Crippen molar-refractivity contribution in [3.05, 3.63) is 17.0 Å². The number of aromatic nitrogens is 2. The van der Waals surface area contributed by atoms with Crippen molar-refractivity contribution in [3.63, 3.8) is 0 Å². The van der Waals surface area contributed by atoms with Crippen LogP contribution in [0.15, 0.2) is 5.16 Å². The maximum absolute atomic E-state index is 11.6. The minimum absolute atomic E-state index is 0.347. The second kappa shape index (κ2) is 5.11. The Morgan fingerprint density at radius 3 is 2.27 bits per heavy atom. The maximum atomic E-state index is 11.6. The molecule has 4 nitrogen and oxygen atoms in total. The summed E-state index contributed by atoms with van der Waals surface area (Å²) in [4.78, 5) is 20.0. The molecule has 0 amide bonds. The molecule has 0 bridgehead atoms. The van der Waals surface area contributed by atoms with Gasteiger partial charge in [-0.1, -0.05) is 11.8 Å². The summed E-state index contributed by atoms with van der Waals surface area (Å²) in [5.41, 5.74) is 1.82. The Labute approximate surface area is 93.5 Å². The molecule has 15 heavy (non-hydrogen) atoms. The van der Waals surface area contributed by atoms with Crippen molar-refractivity contribution in [3.8, 4) is 0 Å². The van der Waals surface area contributed by atoms with Crippen LogP contribution in [0.4, 0.5) is 0 Å². The largest absolute Gasteiger partial charge is 0.462 e. The van der Waals surface area contributed by atoms with Crippen LogP contribution in [0.2, 0.25) is 0 Å². The summed E-state index contributed by atoms with van der Waals surface area (Å²) >= 11 is 1.46. The van der Waals surface area contributed by atoms with Crippen molar-refractivity contribution in [2.75, 3.05) is 12.9 Å². The number of nitrogens with zero attached hydrogens (tertiary/aromatic N) is 2. The van der Waals surface area contributed by atoms with Crippen molar-refractivity contribution in [1.82, 2.24) is 9.97 Å². The van der Waals surface area contributed by atoms with Crippen LogP contribution in [0.25, 0.3) is 0 Å². The van der Waals surface area contributed by atoms with E-state index in [1.807, 2.05) is 6.26 Å². The van der Waals surface area contributed by atoms with E-state index in [9.17, 15) is 4.79 Å². The fourth-order valence-corrected chi connectivity index (χ4v) is 1.73. The lowest BCUT2D eigenvalue weighted by Crippen LogP contribution is -2.12. The molecule has 1 rings (SSSR count). The molecule has 0 aliphatic rings.